The molecule has 2 heterocycles. The van der Waals surface area contributed by atoms with E-state index < -0.39 is 17.3 Å². The van der Waals surface area contributed by atoms with Crippen LogP contribution in [0.4, 0.5) is 15.8 Å². The summed E-state index contributed by atoms with van der Waals surface area (Å²) in [6.45, 7) is 4.19. The average Bonchev–Trinajstić information content (AvgIpc) is 2.88. The zero-order valence-corrected chi connectivity index (χ0v) is 22.6. The lowest BCUT2D eigenvalue weighted by Crippen LogP contribution is -2.40. The maximum Gasteiger partial charge on any atom is 0.261 e. The number of nitrogens with two attached hydrogens (primary N) is 1. The zero-order valence-electron chi connectivity index (χ0n) is 21.0. The third-order valence-corrected chi connectivity index (χ3v) is 6.54. The highest BCUT2D eigenvalue weighted by molar-refractivity contribution is 6.06. The van der Waals surface area contributed by atoms with Gasteiger partial charge in [-0.3, -0.25) is 14.4 Å². The maximum atomic E-state index is 13.9. The molecule has 0 aliphatic carbocycles. The Morgan fingerprint density at radius 1 is 1.08 bits per heavy atom. The normalized spacial score (nSPS) is 13.8. The zero-order chi connectivity index (χ0) is 25.7. The van der Waals surface area contributed by atoms with E-state index in [9.17, 15) is 18.8 Å². The fraction of sp³-hybridized carbons (Fsp3) is 0.346. The SMILES string of the molecule is CNc1cc(F)cc2cc(C(=O)Nc3ccc(C(=O)NCC4CCN(CCN)CC4)cc3)c(=O)[nH]c12.Cl.Cl. The summed E-state index contributed by atoms with van der Waals surface area (Å²) in [4.78, 5) is 42.8. The molecule has 1 fully saturated rings. The highest BCUT2D eigenvalue weighted by Gasteiger charge is 2.19. The van der Waals surface area contributed by atoms with E-state index in [0.29, 0.717) is 46.8 Å². The van der Waals surface area contributed by atoms with Crippen molar-refractivity contribution in [1.82, 2.24) is 15.2 Å². The molecule has 206 valence electrons. The minimum atomic E-state index is -0.633. The molecule has 0 bridgehead atoms. The van der Waals surface area contributed by atoms with Crippen LogP contribution >= 0.6 is 24.8 Å². The molecule has 1 aliphatic rings. The molecule has 1 aromatic heterocycles. The van der Waals surface area contributed by atoms with Gasteiger partial charge in [0, 0.05) is 43.3 Å². The number of aromatic nitrogens is 1. The molecule has 2 amide bonds. The van der Waals surface area contributed by atoms with Crippen LogP contribution in [0.5, 0.6) is 0 Å². The first-order valence-corrected chi connectivity index (χ1v) is 12.0. The van der Waals surface area contributed by atoms with E-state index >= 15 is 0 Å². The average molecular weight is 567 g/mol. The Labute approximate surface area is 232 Å². The molecule has 0 saturated carbocycles. The van der Waals surface area contributed by atoms with Gasteiger partial charge in [-0.1, -0.05) is 0 Å². The summed E-state index contributed by atoms with van der Waals surface area (Å²) in [5, 5.41) is 8.86. The third-order valence-electron chi connectivity index (χ3n) is 6.54. The lowest BCUT2D eigenvalue weighted by atomic mass is 9.96. The number of hydrogen-bond donors (Lipinski definition) is 5. The number of likely N-dealkylation sites (tertiary alicyclic amines) is 1. The fourth-order valence-corrected chi connectivity index (χ4v) is 4.49. The number of carbonyl (C=O) groups is 2. The smallest absolute Gasteiger partial charge is 0.261 e. The number of piperidine rings is 1. The van der Waals surface area contributed by atoms with Gasteiger partial charge in [0.25, 0.3) is 17.4 Å². The first-order chi connectivity index (χ1) is 17.4. The third kappa shape index (κ3) is 7.44. The van der Waals surface area contributed by atoms with Crippen molar-refractivity contribution < 1.29 is 14.0 Å². The molecule has 0 radical (unpaired) electrons. The van der Waals surface area contributed by atoms with Crippen LogP contribution in [0.2, 0.25) is 0 Å². The van der Waals surface area contributed by atoms with Gasteiger partial charge < -0.3 is 31.6 Å². The largest absolute Gasteiger partial charge is 0.386 e. The number of pyridine rings is 1. The molecule has 3 aromatic rings. The van der Waals surface area contributed by atoms with Gasteiger partial charge in [-0.25, -0.2) is 4.39 Å². The van der Waals surface area contributed by atoms with E-state index in [2.05, 4.69) is 25.8 Å². The fourth-order valence-electron chi connectivity index (χ4n) is 4.49. The summed E-state index contributed by atoms with van der Waals surface area (Å²) in [6, 6.07) is 10.3. The second kappa shape index (κ2) is 14.1. The molecule has 1 aliphatic heterocycles. The Hall–Kier alpha value is -3.18. The van der Waals surface area contributed by atoms with Crippen molar-refractivity contribution in [2.45, 2.75) is 12.8 Å². The van der Waals surface area contributed by atoms with Gasteiger partial charge in [0.2, 0.25) is 0 Å². The van der Waals surface area contributed by atoms with E-state index in [-0.39, 0.29) is 36.3 Å². The van der Waals surface area contributed by atoms with E-state index in [1.54, 1.807) is 31.3 Å². The van der Waals surface area contributed by atoms with Crippen LogP contribution in [-0.2, 0) is 0 Å². The van der Waals surface area contributed by atoms with Crippen molar-refractivity contribution in [3.8, 4) is 0 Å². The number of H-pyrrole nitrogens is 1. The molecule has 1 saturated heterocycles. The number of benzene rings is 2. The van der Waals surface area contributed by atoms with Gasteiger partial charge in [0.15, 0.2) is 0 Å². The van der Waals surface area contributed by atoms with Crippen molar-refractivity contribution >= 4 is 58.9 Å². The van der Waals surface area contributed by atoms with Crippen molar-refractivity contribution in [2.24, 2.45) is 11.7 Å². The number of halogens is 3. The summed E-state index contributed by atoms with van der Waals surface area (Å²) >= 11 is 0. The summed E-state index contributed by atoms with van der Waals surface area (Å²) in [5.41, 5.74) is 6.62. The Bertz CT molecular complexity index is 1310. The molecule has 12 heteroatoms. The number of anilines is 2. The van der Waals surface area contributed by atoms with Gasteiger partial charge in [0.05, 0.1) is 11.2 Å². The molecule has 4 rings (SSSR count). The van der Waals surface area contributed by atoms with Crippen LogP contribution in [-0.4, -0.2) is 61.5 Å². The van der Waals surface area contributed by atoms with Crippen LogP contribution in [0.1, 0.15) is 33.6 Å². The van der Waals surface area contributed by atoms with Gasteiger partial charge >= 0.3 is 0 Å². The van der Waals surface area contributed by atoms with E-state index in [0.717, 1.165) is 32.5 Å². The van der Waals surface area contributed by atoms with Gasteiger partial charge in [-0.05, 0) is 74.3 Å². The number of amides is 2. The summed E-state index contributed by atoms with van der Waals surface area (Å²) in [5.74, 6) is -0.854. The Balaban J connectivity index is 0.00000253. The number of aromatic amines is 1. The minimum absolute atomic E-state index is 0. The predicted octanol–water partition coefficient (Wildman–Crippen LogP) is 3.21. The Morgan fingerprint density at radius 3 is 2.39 bits per heavy atom. The standard InChI is InChI=1S/C26H31FN6O3.2ClH/c1-29-22-14-19(27)12-18-13-21(26(36)32-23(18)22)25(35)31-20-4-2-17(3-5-20)24(34)30-15-16-6-9-33(10-7-16)11-8-28;;/h2-5,12-14,16,29H,6-11,15,28H2,1H3,(H,30,34)(H,31,35)(H,32,36);2*1H. The molecule has 0 spiro atoms. The van der Waals surface area contributed by atoms with Crippen LogP contribution in [0.3, 0.4) is 0 Å². The van der Waals surface area contributed by atoms with Crippen LogP contribution < -0.4 is 27.2 Å². The highest BCUT2D eigenvalue weighted by Crippen LogP contribution is 2.23. The second-order valence-electron chi connectivity index (χ2n) is 8.99. The number of carbonyl (C=O) groups excluding carboxylic acids is 2. The van der Waals surface area contributed by atoms with Crippen molar-refractivity contribution in [3.63, 3.8) is 0 Å². The lowest BCUT2D eigenvalue weighted by Gasteiger charge is -2.31. The quantitative estimate of drug-likeness (QED) is 0.284. The number of hydrogen-bond acceptors (Lipinski definition) is 6. The Kier molecular flexibility index (Phi) is 11.5. The van der Waals surface area contributed by atoms with Gasteiger partial charge in [-0.15, -0.1) is 24.8 Å². The van der Waals surface area contributed by atoms with Crippen LogP contribution in [0.25, 0.3) is 10.9 Å². The number of fused-ring (bicyclic) bond motifs is 1. The Morgan fingerprint density at radius 2 is 1.76 bits per heavy atom. The van der Waals surface area contributed by atoms with Crippen LogP contribution in [0, 0.1) is 11.7 Å². The first-order valence-electron chi connectivity index (χ1n) is 12.0. The summed E-state index contributed by atoms with van der Waals surface area (Å²) < 4.78 is 13.9. The summed E-state index contributed by atoms with van der Waals surface area (Å²) in [7, 11) is 1.62. The first kappa shape index (κ1) is 31.0. The molecule has 0 atom stereocenters. The monoisotopic (exact) mass is 566 g/mol. The number of rotatable bonds is 8. The van der Waals surface area contributed by atoms with E-state index in [1.165, 1.54) is 18.2 Å². The topological polar surface area (TPSA) is 132 Å². The predicted molar refractivity (Wildman–Crippen MR) is 154 cm³/mol. The van der Waals surface area contributed by atoms with Crippen molar-refractivity contribution in [3.05, 3.63) is 69.8 Å². The minimum Gasteiger partial charge on any atom is -0.386 e. The molecular weight excluding hydrogens is 534 g/mol. The molecule has 6 N–H and O–H groups in total. The maximum absolute atomic E-state index is 13.9. The molecule has 0 unspecified atom stereocenters. The summed E-state index contributed by atoms with van der Waals surface area (Å²) in [6.07, 6.45) is 2.06. The van der Waals surface area contributed by atoms with Crippen molar-refractivity contribution in [1.29, 1.82) is 0 Å². The van der Waals surface area contributed by atoms with E-state index in [4.69, 9.17) is 5.73 Å². The van der Waals surface area contributed by atoms with Gasteiger partial charge in [0.1, 0.15) is 11.4 Å². The van der Waals surface area contributed by atoms with Gasteiger partial charge in [-0.2, -0.15) is 0 Å². The van der Waals surface area contributed by atoms with Crippen molar-refractivity contribution in [2.75, 3.05) is 50.4 Å². The number of nitrogens with zero attached hydrogens (tertiary/aromatic N) is 1. The second-order valence-corrected chi connectivity index (χ2v) is 8.99. The number of nitrogens with one attached hydrogen (secondary N) is 4. The van der Waals surface area contributed by atoms with E-state index in [1.807, 2.05) is 0 Å². The molecule has 2 aromatic carbocycles. The van der Waals surface area contributed by atoms with Crippen LogP contribution in [0.15, 0.2) is 47.3 Å². The highest BCUT2D eigenvalue weighted by atomic mass is 35.5. The molecular formula is C26H33Cl2FN6O3. The molecule has 38 heavy (non-hydrogen) atoms. The lowest BCUT2D eigenvalue weighted by molar-refractivity contribution is 0.0936. The molecule has 9 nitrogen and oxygen atoms in total.